The van der Waals surface area contributed by atoms with Crippen molar-refractivity contribution in [1.29, 1.82) is 0 Å². The molecule has 0 spiro atoms. The average Bonchev–Trinajstić information content (AvgIpc) is 2.95. The second-order valence-corrected chi connectivity index (χ2v) is 4.50. The number of hydrogen-bond donors (Lipinski definition) is 1. The van der Waals surface area contributed by atoms with Crippen LogP contribution in [0.1, 0.15) is 31.3 Å². The van der Waals surface area contributed by atoms with Crippen molar-refractivity contribution in [3.05, 3.63) is 22.9 Å². The molecule has 0 aromatic carbocycles. The van der Waals surface area contributed by atoms with Gasteiger partial charge in [0.1, 0.15) is 0 Å². The third kappa shape index (κ3) is 2.01. The van der Waals surface area contributed by atoms with Crippen molar-refractivity contribution in [1.82, 2.24) is 15.5 Å². The van der Waals surface area contributed by atoms with Crippen LogP contribution in [0.5, 0.6) is 0 Å². The first kappa shape index (κ1) is 11.3. The van der Waals surface area contributed by atoms with Crippen LogP contribution in [0.15, 0.2) is 15.9 Å². The first-order valence-corrected chi connectivity index (χ1v) is 6.21. The van der Waals surface area contributed by atoms with Crippen LogP contribution in [0.3, 0.4) is 0 Å². The summed E-state index contributed by atoms with van der Waals surface area (Å²) in [5.74, 6) is 1.26. The Kier molecular flexibility index (Phi) is 3.36. The number of nitrogens with one attached hydrogen (secondary N) is 1. The molecule has 0 amide bonds. The molecule has 0 aliphatic carbocycles. The van der Waals surface area contributed by atoms with Crippen molar-refractivity contribution in [3.63, 3.8) is 0 Å². The van der Waals surface area contributed by atoms with E-state index >= 15 is 0 Å². The van der Waals surface area contributed by atoms with Crippen molar-refractivity contribution in [3.8, 4) is 10.8 Å². The summed E-state index contributed by atoms with van der Waals surface area (Å²) in [5.41, 5.74) is 1.26. The zero-order valence-electron chi connectivity index (χ0n) is 9.65. The van der Waals surface area contributed by atoms with E-state index in [1.165, 1.54) is 5.56 Å². The second kappa shape index (κ2) is 4.76. The van der Waals surface area contributed by atoms with Crippen LogP contribution in [-0.2, 0) is 6.42 Å². The lowest BCUT2D eigenvalue weighted by Gasteiger charge is -2.02. The summed E-state index contributed by atoms with van der Waals surface area (Å²) >= 11 is 1.64. The van der Waals surface area contributed by atoms with E-state index in [0.717, 1.165) is 11.3 Å². The van der Waals surface area contributed by atoms with E-state index in [9.17, 15) is 0 Å². The highest BCUT2D eigenvalue weighted by Gasteiger charge is 2.16. The van der Waals surface area contributed by atoms with Gasteiger partial charge in [0, 0.05) is 0 Å². The molecule has 16 heavy (non-hydrogen) atoms. The maximum Gasteiger partial charge on any atom is 0.258 e. The maximum atomic E-state index is 5.65. The first-order valence-electron chi connectivity index (χ1n) is 5.33. The summed E-state index contributed by atoms with van der Waals surface area (Å²) in [5, 5.41) is 13.3. The number of thiophene rings is 1. The molecular weight excluding hydrogens is 222 g/mol. The molecule has 4 nitrogen and oxygen atoms in total. The monoisotopic (exact) mass is 237 g/mol. The third-order valence-electron chi connectivity index (χ3n) is 2.57. The summed E-state index contributed by atoms with van der Waals surface area (Å²) < 4.78 is 5.65. The summed E-state index contributed by atoms with van der Waals surface area (Å²) in [7, 11) is 1.87. The highest BCUT2D eigenvalue weighted by molar-refractivity contribution is 7.13. The predicted octanol–water partition coefficient (Wildman–Crippen LogP) is 2.64. The van der Waals surface area contributed by atoms with Crippen molar-refractivity contribution >= 4 is 11.3 Å². The van der Waals surface area contributed by atoms with Crippen molar-refractivity contribution in [2.24, 2.45) is 0 Å². The van der Waals surface area contributed by atoms with E-state index in [1.54, 1.807) is 11.3 Å². The Morgan fingerprint density at radius 2 is 2.31 bits per heavy atom. The van der Waals surface area contributed by atoms with E-state index in [4.69, 9.17) is 4.42 Å². The van der Waals surface area contributed by atoms with Crippen molar-refractivity contribution < 1.29 is 4.42 Å². The van der Waals surface area contributed by atoms with Gasteiger partial charge in [0.2, 0.25) is 5.89 Å². The fourth-order valence-corrected chi connectivity index (χ4v) is 2.34. The highest BCUT2D eigenvalue weighted by Crippen LogP contribution is 2.29. The van der Waals surface area contributed by atoms with Gasteiger partial charge in [-0.25, -0.2) is 0 Å². The fourth-order valence-electron chi connectivity index (χ4n) is 1.43. The quantitative estimate of drug-likeness (QED) is 0.888. The van der Waals surface area contributed by atoms with Gasteiger partial charge >= 0.3 is 0 Å². The Morgan fingerprint density at radius 3 is 3.00 bits per heavy atom. The molecule has 5 heteroatoms. The molecular formula is C11H15N3OS. The zero-order valence-corrected chi connectivity index (χ0v) is 10.5. The minimum Gasteiger partial charge on any atom is -0.418 e. The van der Waals surface area contributed by atoms with Gasteiger partial charge in [-0.3, -0.25) is 0 Å². The molecule has 0 radical (unpaired) electrons. The Balaban J connectivity index is 2.31. The predicted molar refractivity (Wildman–Crippen MR) is 64.5 cm³/mol. The Labute approximate surface area is 98.7 Å². The molecule has 1 unspecified atom stereocenters. The smallest absolute Gasteiger partial charge is 0.258 e. The standard InChI is InChI=1S/C11H15N3OS/c1-4-8-5-6-16-9(8)11-14-13-10(15-11)7(2)12-3/h5-7,12H,4H2,1-3H3. The summed E-state index contributed by atoms with van der Waals surface area (Å²) in [6.07, 6.45) is 0.984. The molecule has 0 bridgehead atoms. The molecule has 2 heterocycles. The van der Waals surface area contributed by atoms with Crippen LogP contribution in [-0.4, -0.2) is 17.2 Å². The molecule has 86 valence electrons. The van der Waals surface area contributed by atoms with Crippen molar-refractivity contribution in [2.75, 3.05) is 7.05 Å². The van der Waals surface area contributed by atoms with E-state index in [0.29, 0.717) is 11.8 Å². The molecule has 0 aliphatic heterocycles. The van der Waals surface area contributed by atoms with E-state index in [2.05, 4.69) is 33.9 Å². The SMILES string of the molecule is CCc1ccsc1-c1nnc(C(C)NC)o1. The number of nitrogens with zero attached hydrogens (tertiary/aromatic N) is 2. The van der Waals surface area contributed by atoms with Gasteiger partial charge in [-0.1, -0.05) is 6.92 Å². The second-order valence-electron chi connectivity index (χ2n) is 3.58. The minimum atomic E-state index is 0.0892. The van der Waals surface area contributed by atoms with Crippen LogP contribution >= 0.6 is 11.3 Å². The Bertz CT molecular complexity index is 463. The number of aromatic nitrogens is 2. The lowest BCUT2D eigenvalue weighted by molar-refractivity contribution is 0.441. The van der Waals surface area contributed by atoms with Crippen LogP contribution in [0.25, 0.3) is 10.8 Å². The topological polar surface area (TPSA) is 51.0 Å². The lowest BCUT2D eigenvalue weighted by Crippen LogP contribution is -2.12. The summed E-state index contributed by atoms with van der Waals surface area (Å²) in [6, 6.07) is 2.19. The van der Waals surface area contributed by atoms with Gasteiger partial charge in [-0.15, -0.1) is 21.5 Å². The van der Waals surface area contributed by atoms with E-state index in [-0.39, 0.29) is 6.04 Å². The third-order valence-corrected chi connectivity index (χ3v) is 3.51. The molecule has 1 atom stereocenters. The largest absolute Gasteiger partial charge is 0.418 e. The van der Waals surface area contributed by atoms with Crippen LogP contribution < -0.4 is 5.32 Å². The molecule has 0 fully saturated rings. The van der Waals surface area contributed by atoms with E-state index < -0.39 is 0 Å². The summed E-state index contributed by atoms with van der Waals surface area (Å²) in [6.45, 7) is 4.12. The van der Waals surface area contributed by atoms with Gasteiger partial charge in [0.25, 0.3) is 5.89 Å². The van der Waals surface area contributed by atoms with E-state index in [1.807, 2.05) is 14.0 Å². The van der Waals surface area contributed by atoms with Crippen LogP contribution in [0, 0.1) is 0 Å². The Morgan fingerprint density at radius 1 is 1.50 bits per heavy atom. The molecule has 1 N–H and O–H groups in total. The number of rotatable bonds is 4. The van der Waals surface area contributed by atoms with Gasteiger partial charge in [-0.05, 0) is 37.4 Å². The average molecular weight is 237 g/mol. The molecule has 2 rings (SSSR count). The molecule has 2 aromatic heterocycles. The summed E-state index contributed by atoms with van der Waals surface area (Å²) in [4.78, 5) is 1.09. The van der Waals surface area contributed by atoms with Crippen molar-refractivity contribution in [2.45, 2.75) is 26.3 Å². The van der Waals surface area contributed by atoms with Gasteiger partial charge < -0.3 is 9.73 Å². The first-order chi connectivity index (χ1) is 7.76. The highest BCUT2D eigenvalue weighted by atomic mass is 32.1. The molecule has 0 aliphatic rings. The lowest BCUT2D eigenvalue weighted by atomic mass is 10.2. The van der Waals surface area contributed by atoms with Gasteiger partial charge in [0.05, 0.1) is 10.9 Å². The molecule has 0 saturated heterocycles. The molecule has 0 saturated carbocycles. The normalized spacial score (nSPS) is 12.9. The van der Waals surface area contributed by atoms with Crippen LogP contribution in [0.2, 0.25) is 0 Å². The zero-order chi connectivity index (χ0) is 11.5. The Hall–Kier alpha value is -1.20. The molecule has 2 aromatic rings. The maximum absolute atomic E-state index is 5.65. The number of hydrogen-bond acceptors (Lipinski definition) is 5. The van der Waals surface area contributed by atoms with Crippen LogP contribution in [0.4, 0.5) is 0 Å². The fraction of sp³-hybridized carbons (Fsp3) is 0.455. The van der Waals surface area contributed by atoms with Gasteiger partial charge in [0.15, 0.2) is 0 Å². The van der Waals surface area contributed by atoms with Gasteiger partial charge in [-0.2, -0.15) is 0 Å². The minimum absolute atomic E-state index is 0.0892. The number of aryl methyl sites for hydroxylation is 1.